The zero-order valence-electron chi connectivity index (χ0n) is 13.1. The van der Waals surface area contributed by atoms with Crippen molar-refractivity contribution in [1.29, 1.82) is 0 Å². The monoisotopic (exact) mass is 321 g/mol. The summed E-state index contributed by atoms with van der Waals surface area (Å²) >= 11 is 0. The van der Waals surface area contributed by atoms with Crippen LogP contribution in [-0.2, 0) is 9.53 Å². The molecule has 3 heterocycles. The fourth-order valence-electron chi connectivity index (χ4n) is 3.42. The van der Waals surface area contributed by atoms with Gasteiger partial charge in [0.25, 0.3) is 5.91 Å². The van der Waals surface area contributed by atoms with Crippen molar-refractivity contribution in [3.63, 3.8) is 0 Å². The van der Waals surface area contributed by atoms with Crippen molar-refractivity contribution in [2.24, 2.45) is 11.8 Å². The third-order valence-corrected chi connectivity index (χ3v) is 4.67. The lowest BCUT2D eigenvalue weighted by Crippen LogP contribution is -2.46. The highest BCUT2D eigenvalue weighted by Crippen LogP contribution is 2.32. The molecule has 0 spiro atoms. The molecular weight excluding hydrogens is 301 g/mol. The molecule has 6 nitrogen and oxygen atoms in total. The van der Waals surface area contributed by atoms with Gasteiger partial charge in [0.05, 0.1) is 12.5 Å². The van der Waals surface area contributed by atoms with E-state index in [1.807, 2.05) is 4.90 Å². The predicted molar refractivity (Wildman–Crippen MR) is 80.2 cm³/mol. The lowest BCUT2D eigenvalue weighted by molar-refractivity contribution is -0.140. The molecule has 0 aromatic carbocycles. The quantitative estimate of drug-likeness (QED) is 0.769. The van der Waals surface area contributed by atoms with Crippen LogP contribution in [-0.4, -0.2) is 66.5 Å². The number of halogens is 1. The van der Waals surface area contributed by atoms with Gasteiger partial charge in [0, 0.05) is 51.1 Å². The van der Waals surface area contributed by atoms with Crippen LogP contribution in [0.2, 0.25) is 0 Å². The largest absolute Gasteiger partial charge is 0.383 e. The first kappa shape index (κ1) is 15.9. The van der Waals surface area contributed by atoms with Crippen LogP contribution in [0.5, 0.6) is 0 Å². The summed E-state index contributed by atoms with van der Waals surface area (Å²) in [5.41, 5.74) is 0.278. The number of hydrogen-bond donors (Lipinski definition) is 0. The molecule has 7 heteroatoms. The first-order valence-electron chi connectivity index (χ1n) is 7.78. The number of piperidine rings is 1. The van der Waals surface area contributed by atoms with Crippen LogP contribution in [0.1, 0.15) is 16.8 Å². The van der Waals surface area contributed by atoms with Gasteiger partial charge in [-0.25, -0.2) is 4.98 Å². The maximum absolute atomic E-state index is 13.2. The number of ether oxygens (including phenoxy) is 1. The highest BCUT2D eigenvalue weighted by molar-refractivity contribution is 5.95. The summed E-state index contributed by atoms with van der Waals surface area (Å²) in [6, 6.07) is 2.64. The lowest BCUT2D eigenvalue weighted by Gasteiger charge is -2.33. The Morgan fingerprint density at radius 3 is 3.04 bits per heavy atom. The molecule has 3 rings (SSSR count). The summed E-state index contributed by atoms with van der Waals surface area (Å²) in [6.07, 6.45) is 2.16. The first-order valence-corrected chi connectivity index (χ1v) is 7.78. The molecule has 1 aromatic rings. The maximum Gasteiger partial charge on any atom is 0.254 e. The van der Waals surface area contributed by atoms with Gasteiger partial charge in [0.1, 0.15) is 0 Å². The molecule has 0 aliphatic carbocycles. The third kappa shape index (κ3) is 3.19. The Bertz CT molecular complexity index is 610. The van der Waals surface area contributed by atoms with E-state index in [0.717, 1.165) is 12.5 Å². The van der Waals surface area contributed by atoms with Crippen molar-refractivity contribution in [3.8, 4) is 0 Å². The van der Waals surface area contributed by atoms with E-state index in [1.54, 1.807) is 12.0 Å². The van der Waals surface area contributed by atoms with E-state index in [0.29, 0.717) is 32.8 Å². The maximum atomic E-state index is 13.2. The van der Waals surface area contributed by atoms with E-state index in [4.69, 9.17) is 4.74 Å². The van der Waals surface area contributed by atoms with E-state index in [1.165, 1.54) is 12.3 Å². The first-order chi connectivity index (χ1) is 11.1. The molecule has 0 radical (unpaired) electrons. The molecule has 23 heavy (non-hydrogen) atoms. The van der Waals surface area contributed by atoms with Crippen molar-refractivity contribution in [3.05, 3.63) is 29.8 Å². The van der Waals surface area contributed by atoms with E-state index >= 15 is 0 Å². The molecule has 2 aliphatic heterocycles. The number of methoxy groups -OCH3 is 1. The normalized spacial score (nSPS) is 24.0. The van der Waals surface area contributed by atoms with Crippen molar-refractivity contribution in [2.45, 2.75) is 6.42 Å². The molecule has 0 unspecified atom stereocenters. The molecule has 124 valence electrons. The highest BCUT2D eigenvalue weighted by Gasteiger charge is 2.44. The molecule has 2 amide bonds. The van der Waals surface area contributed by atoms with Crippen molar-refractivity contribution >= 4 is 11.8 Å². The van der Waals surface area contributed by atoms with E-state index < -0.39 is 5.95 Å². The number of carbonyl (C=O) groups excluding carboxylic acids is 2. The van der Waals surface area contributed by atoms with Crippen LogP contribution in [0.25, 0.3) is 0 Å². The molecule has 0 saturated carbocycles. The summed E-state index contributed by atoms with van der Waals surface area (Å²) in [6.45, 7) is 2.76. The van der Waals surface area contributed by atoms with Gasteiger partial charge in [-0.3, -0.25) is 9.59 Å². The van der Waals surface area contributed by atoms with Crippen LogP contribution >= 0.6 is 0 Å². The van der Waals surface area contributed by atoms with Crippen LogP contribution in [0, 0.1) is 17.8 Å². The van der Waals surface area contributed by atoms with Gasteiger partial charge in [-0.2, -0.15) is 4.39 Å². The van der Waals surface area contributed by atoms with Gasteiger partial charge in [0.2, 0.25) is 11.9 Å². The minimum Gasteiger partial charge on any atom is -0.383 e. The van der Waals surface area contributed by atoms with Crippen molar-refractivity contribution < 1.29 is 18.7 Å². The summed E-state index contributed by atoms with van der Waals surface area (Å²) in [4.78, 5) is 31.9. The highest BCUT2D eigenvalue weighted by atomic mass is 19.1. The Balaban J connectivity index is 1.68. The SMILES string of the molecule is COCCN1CC[C@H]2CN(C(=O)c3ccnc(F)c3)C[C@@H]2C1=O. The molecule has 1 aromatic heterocycles. The molecule has 0 bridgehead atoms. The average molecular weight is 321 g/mol. The van der Waals surface area contributed by atoms with E-state index in [2.05, 4.69) is 4.98 Å². The average Bonchev–Trinajstić information content (AvgIpc) is 2.98. The number of hydrogen-bond acceptors (Lipinski definition) is 4. The standard InChI is InChI=1S/C16H20FN3O3/c1-23-7-6-19-5-3-12-9-20(10-13(12)16(19)22)15(21)11-2-4-18-14(17)8-11/h2,4,8,12-13H,3,5-7,9-10H2,1H3/t12-,13-/m0/s1. The smallest absolute Gasteiger partial charge is 0.254 e. The summed E-state index contributed by atoms with van der Waals surface area (Å²) in [5, 5.41) is 0. The summed E-state index contributed by atoms with van der Waals surface area (Å²) in [5.74, 6) is -0.783. The molecule has 2 aliphatic rings. The van der Waals surface area contributed by atoms with Gasteiger partial charge in [-0.1, -0.05) is 0 Å². The molecule has 0 N–H and O–H groups in total. The number of likely N-dealkylation sites (tertiary alicyclic amines) is 2. The Morgan fingerprint density at radius 2 is 2.30 bits per heavy atom. The number of aromatic nitrogens is 1. The second-order valence-corrected chi connectivity index (χ2v) is 6.05. The number of amides is 2. The number of nitrogens with zero attached hydrogens (tertiary/aromatic N) is 3. The lowest BCUT2D eigenvalue weighted by atomic mass is 9.88. The van der Waals surface area contributed by atoms with Crippen LogP contribution in [0.3, 0.4) is 0 Å². The Kier molecular flexibility index (Phi) is 4.56. The fourth-order valence-corrected chi connectivity index (χ4v) is 3.42. The van der Waals surface area contributed by atoms with Gasteiger partial charge >= 0.3 is 0 Å². The molecule has 2 atom stereocenters. The topological polar surface area (TPSA) is 62.7 Å². The number of rotatable bonds is 4. The molecular formula is C16H20FN3O3. The number of pyridine rings is 1. The number of carbonyl (C=O) groups is 2. The second kappa shape index (κ2) is 6.62. The Hall–Kier alpha value is -2.02. The molecule has 2 saturated heterocycles. The summed E-state index contributed by atoms with van der Waals surface area (Å²) < 4.78 is 18.2. The van der Waals surface area contributed by atoms with Gasteiger partial charge in [-0.15, -0.1) is 0 Å². The van der Waals surface area contributed by atoms with E-state index in [-0.39, 0.29) is 29.2 Å². The Labute approximate surface area is 134 Å². The third-order valence-electron chi connectivity index (χ3n) is 4.67. The Morgan fingerprint density at radius 1 is 1.48 bits per heavy atom. The van der Waals surface area contributed by atoms with Crippen LogP contribution in [0.4, 0.5) is 4.39 Å². The van der Waals surface area contributed by atoms with Crippen molar-refractivity contribution in [1.82, 2.24) is 14.8 Å². The number of fused-ring (bicyclic) bond motifs is 1. The zero-order chi connectivity index (χ0) is 16.4. The second-order valence-electron chi connectivity index (χ2n) is 6.05. The van der Waals surface area contributed by atoms with E-state index in [9.17, 15) is 14.0 Å². The van der Waals surface area contributed by atoms with Crippen molar-refractivity contribution in [2.75, 3.05) is 39.9 Å². The molecule has 2 fully saturated rings. The van der Waals surface area contributed by atoms with Crippen LogP contribution < -0.4 is 0 Å². The zero-order valence-corrected chi connectivity index (χ0v) is 13.1. The summed E-state index contributed by atoms with van der Waals surface area (Å²) in [7, 11) is 1.61. The minimum absolute atomic E-state index is 0.0921. The predicted octanol–water partition coefficient (Wildman–Crippen LogP) is 0.788. The van der Waals surface area contributed by atoms with Crippen LogP contribution in [0.15, 0.2) is 18.3 Å². The van der Waals surface area contributed by atoms with Gasteiger partial charge in [-0.05, 0) is 18.4 Å². The van der Waals surface area contributed by atoms with Gasteiger partial charge in [0.15, 0.2) is 0 Å². The fraction of sp³-hybridized carbons (Fsp3) is 0.562. The van der Waals surface area contributed by atoms with Gasteiger partial charge < -0.3 is 14.5 Å². The minimum atomic E-state index is -0.672.